The summed E-state index contributed by atoms with van der Waals surface area (Å²) in [5.41, 5.74) is 3.19. The van der Waals surface area contributed by atoms with E-state index in [4.69, 9.17) is 17.3 Å². The molecule has 53 heavy (non-hydrogen) atoms. The van der Waals surface area contributed by atoms with Crippen molar-refractivity contribution in [1.82, 2.24) is 19.5 Å². The number of rotatable bonds is 14. The van der Waals surface area contributed by atoms with E-state index in [0.717, 1.165) is 22.8 Å². The van der Waals surface area contributed by atoms with Gasteiger partial charge in [-0.3, -0.25) is 18.3 Å². The van der Waals surface area contributed by atoms with Crippen molar-refractivity contribution in [3.8, 4) is 5.88 Å². The van der Waals surface area contributed by atoms with E-state index in [9.17, 15) is 49.1 Å². The Morgan fingerprint density at radius 1 is 0.962 bits per heavy atom. The van der Waals surface area contributed by atoms with Crippen molar-refractivity contribution in [3.63, 3.8) is 0 Å². The van der Waals surface area contributed by atoms with Crippen molar-refractivity contribution in [1.29, 1.82) is 0 Å². The SMILES string of the molecule is CCn1c(O)c(C(N)=O)c(C)c(N=Nc2cc(Nc3nc(Cl)nc(Nc4ccc(S(=O)(=O)CCOS(=O)(=O)[O-])cc4)n3)ccc2S(=O)(=O)[O-])c1=O.[Na+].[Na+]. The van der Waals surface area contributed by atoms with E-state index in [1.54, 1.807) is 0 Å². The Bertz CT molecular complexity index is 2450. The number of pyridine rings is 1. The Balaban J connectivity index is 0.00000486. The monoisotopic (exact) mass is 831 g/mol. The Morgan fingerprint density at radius 2 is 1.53 bits per heavy atom. The Labute approximate surface area is 350 Å². The van der Waals surface area contributed by atoms with Gasteiger partial charge in [0.15, 0.2) is 15.5 Å². The second-order valence-electron chi connectivity index (χ2n) is 10.00. The van der Waals surface area contributed by atoms with Crippen LogP contribution in [0.1, 0.15) is 22.8 Å². The van der Waals surface area contributed by atoms with Crippen molar-refractivity contribution in [3.05, 3.63) is 69.2 Å². The van der Waals surface area contributed by atoms with Gasteiger partial charge < -0.3 is 30.6 Å². The van der Waals surface area contributed by atoms with E-state index in [1.165, 1.54) is 38.1 Å². The summed E-state index contributed by atoms with van der Waals surface area (Å²) >= 11 is 6.05. The first-order valence-electron chi connectivity index (χ1n) is 13.9. The molecule has 0 aliphatic carbocycles. The molecule has 0 unspecified atom stereocenters. The minimum absolute atomic E-state index is 0. The molecule has 2 aromatic heterocycles. The first-order chi connectivity index (χ1) is 23.7. The first-order valence-corrected chi connectivity index (χ1v) is 18.6. The maximum atomic E-state index is 13.0. The standard InChI is InChI=1S/C26H26ClN9O12S3.2Na/c1-3-36-22(38)19(21(28)37)13(2)20(23(36)39)35-34-17-12-15(6-9-18(17)50(42,43)44)30-26-32-24(27)31-25(33-26)29-14-4-7-16(8-5-14)49(40,41)11-10-48-51(45,46)47;;/h4-9,12,38H,3,10-11H2,1-2H3,(H2,28,37)(H,42,43,44)(H,45,46,47)(H2,29,30,31,32,33);;/q;2*+1/p-2. The van der Waals surface area contributed by atoms with Crippen molar-refractivity contribution in [2.75, 3.05) is 23.0 Å². The van der Waals surface area contributed by atoms with Crippen LogP contribution in [0.5, 0.6) is 5.88 Å². The molecule has 0 saturated carbocycles. The number of aromatic hydroxyl groups is 1. The number of sulfone groups is 1. The molecule has 0 spiro atoms. The summed E-state index contributed by atoms with van der Waals surface area (Å²) in [6, 6.07) is 8.10. The molecule has 0 fully saturated rings. The number of hydrogen-bond acceptors (Lipinski definition) is 19. The summed E-state index contributed by atoms with van der Waals surface area (Å²) in [5.74, 6) is -2.92. The average molecular weight is 832 g/mol. The van der Waals surface area contributed by atoms with Gasteiger partial charge in [0.05, 0.1) is 22.2 Å². The molecule has 2 aromatic carbocycles. The van der Waals surface area contributed by atoms with Crippen molar-refractivity contribution in [2.24, 2.45) is 16.0 Å². The Morgan fingerprint density at radius 3 is 2.06 bits per heavy atom. The number of nitrogens with one attached hydrogen (secondary N) is 2. The van der Waals surface area contributed by atoms with E-state index in [0.29, 0.717) is 0 Å². The molecule has 1 amide bonds. The van der Waals surface area contributed by atoms with Gasteiger partial charge in [0, 0.05) is 23.5 Å². The number of nitrogens with zero attached hydrogens (tertiary/aromatic N) is 6. The van der Waals surface area contributed by atoms with Crippen molar-refractivity contribution < 1.29 is 108 Å². The molecule has 0 radical (unpaired) electrons. The molecule has 272 valence electrons. The predicted molar refractivity (Wildman–Crippen MR) is 175 cm³/mol. The molecule has 0 aliphatic heterocycles. The second kappa shape index (κ2) is 18.5. The van der Waals surface area contributed by atoms with Crippen LogP contribution in [0.2, 0.25) is 5.28 Å². The molecular formula is C26H24ClN9Na2O12S3. The maximum absolute atomic E-state index is 13.0. The zero-order valence-electron chi connectivity index (χ0n) is 28.0. The zero-order chi connectivity index (χ0) is 37.9. The largest absolute Gasteiger partial charge is 1.00 e. The number of azo groups is 1. The summed E-state index contributed by atoms with van der Waals surface area (Å²) in [6.45, 7) is 1.79. The van der Waals surface area contributed by atoms with Crippen LogP contribution in [-0.2, 0) is 41.1 Å². The molecule has 4 aromatic rings. The van der Waals surface area contributed by atoms with Gasteiger partial charge in [0.25, 0.3) is 11.5 Å². The van der Waals surface area contributed by atoms with Gasteiger partial charge in [-0.2, -0.15) is 15.0 Å². The van der Waals surface area contributed by atoms with Crippen LogP contribution in [0.4, 0.5) is 34.6 Å². The van der Waals surface area contributed by atoms with E-state index < -0.39 is 81.9 Å². The van der Waals surface area contributed by atoms with Crippen LogP contribution in [-0.4, -0.2) is 77.3 Å². The van der Waals surface area contributed by atoms with E-state index in [2.05, 4.69) is 40.0 Å². The van der Waals surface area contributed by atoms with Gasteiger partial charge >= 0.3 is 59.1 Å². The molecule has 4 rings (SSSR count). The minimum Gasteiger partial charge on any atom is -0.744 e. The van der Waals surface area contributed by atoms with Gasteiger partial charge in [-0.15, -0.1) is 10.2 Å². The molecule has 21 nitrogen and oxygen atoms in total. The van der Waals surface area contributed by atoms with E-state index in [1.807, 2.05) is 0 Å². The third-order valence-corrected chi connectivity index (χ3v) is 9.82. The van der Waals surface area contributed by atoms with Crippen LogP contribution in [0, 0.1) is 6.92 Å². The fourth-order valence-electron chi connectivity index (χ4n) is 4.33. The van der Waals surface area contributed by atoms with E-state index in [-0.39, 0.29) is 105 Å². The van der Waals surface area contributed by atoms with Crippen molar-refractivity contribution >= 4 is 82.5 Å². The van der Waals surface area contributed by atoms with Crippen LogP contribution in [0.15, 0.2) is 67.3 Å². The second-order valence-corrected chi connectivity index (χ2v) is 14.8. The molecule has 0 saturated heterocycles. The Kier molecular flexibility index (Phi) is 16.1. The van der Waals surface area contributed by atoms with Crippen LogP contribution >= 0.6 is 11.6 Å². The fourth-order valence-corrected chi connectivity index (χ4v) is 6.56. The number of amides is 1. The van der Waals surface area contributed by atoms with Gasteiger partial charge in [0.2, 0.25) is 33.5 Å². The normalized spacial score (nSPS) is 11.8. The molecule has 2 heterocycles. The smallest absolute Gasteiger partial charge is 0.744 e. The summed E-state index contributed by atoms with van der Waals surface area (Å²) < 4.78 is 97.2. The molecule has 0 aliphatic rings. The molecular weight excluding hydrogens is 808 g/mol. The topological polar surface area (TPSA) is 331 Å². The third-order valence-electron chi connectivity index (χ3n) is 6.62. The quantitative estimate of drug-likeness (QED) is 0.0406. The number of carbonyl (C=O) groups excluding carboxylic acids is 1. The summed E-state index contributed by atoms with van der Waals surface area (Å²) in [4.78, 5) is 35.9. The number of primary amides is 1. The molecule has 0 bridgehead atoms. The number of carbonyl (C=O) groups is 1. The fraction of sp³-hybridized carbons (Fsp3) is 0.192. The summed E-state index contributed by atoms with van der Waals surface area (Å²) in [6.07, 6.45) is 0. The predicted octanol–water partition coefficient (Wildman–Crippen LogP) is -4.12. The number of aromatic nitrogens is 4. The van der Waals surface area contributed by atoms with Crippen LogP contribution in [0.3, 0.4) is 0 Å². The summed E-state index contributed by atoms with van der Waals surface area (Å²) in [7, 11) is -14.2. The van der Waals surface area contributed by atoms with Gasteiger partial charge in [-0.25, -0.2) is 25.3 Å². The number of nitrogens with two attached hydrogens (primary N) is 1. The third kappa shape index (κ3) is 11.9. The van der Waals surface area contributed by atoms with Gasteiger partial charge in [-0.1, -0.05) is 0 Å². The maximum Gasteiger partial charge on any atom is 1.00 e. The van der Waals surface area contributed by atoms with Crippen LogP contribution in [0.25, 0.3) is 0 Å². The first kappa shape index (κ1) is 46.0. The minimum atomic E-state index is -5.14. The van der Waals surface area contributed by atoms with Crippen LogP contribution < -0.4 is 81.0 Å². The molecule has 0 atom stereocenters. The number of benzene rings is 2. The summed E-state index contributed by atoms with van der Waals surface area (Å²) in [5, 5.41) is 23.1. The van der Waals surface area contributed by atoms with E-state index >= 15 is 0 Å². The number of halogens is 1. The average Bonchev–Trinajstić information content (AvgIpc) is 3.00. The number of hydrogen-bond donors (Lipinski definition) is 4. The van der Waals surface area contributed by atoms with Gasteiger partial charge in [-0.05, 0) is 67.9 Å². The zero-order valence-corrected chi connectivity index (χ0v) is 35.2. The van der Waals surface area contributed by atoms with Crippen molar-refractivity contribution in [2.45, 2.75) is 30.2 Å². The Hall–Kier alpha value is -3.11. The molecule has 5 N–H and O–H groups in total. The molecule has 27 heteroatoms. The number of anilines is 4. The van der Waals surface area contributed by atoms with Gasteiger partial charge in [0.1, 0.15) is 21.4 Å².